The van der Waals surface area contributed by atoms with Crippen LogP contribution in [0.5, 0.6) is 0 Å². The fourth-order valence-corrected chi connectivity index (χ4v) is 4.98. The molecule has 1 aliphatic carbocycles. The molecule has 234 valence electrons. The lowest BCUT2D eigenvalue weighted by Crippen LogP contribution is -2.42. The molecule has 1 aliphatic rings. The Morgan fingerprint density at radius 1 is 1.07 bits per heavy atom. The quantitative estimate of drug-likeness (QED) is 0.283. The van der Waals surface area contributed by atoms with E-state index in [9.17, 15) is 14.0 Å². The summed E-state index contributed by atoms with van der Waals surface area (Å²) in [4.78, 5) is 37.0. The van der Waals surface area contributed by atoms with Gasteiger partial charge in [-0.3, -0.25) is 9.56 Å². The number of aryl methyl sites for hydroxylation is 2. The van der Waals surface area contributed by atoms with Crippen molar-refractivity contribution in [2.45, 2.75) is 94.7 Å². The van der Waals surface area contributed by atoms with E-state index in [2.05, 4.69) is 17.2 Å². The topological polar surface area (TPSA) is 81.3 Å². The van der Waals surface area contributed by atoms with Crippen molar-refractivity contribution < 1.29 is 4.39 Å². The van der Waals surface area contributed by atoms with Crippen LogP contribution in [0.3, 0.4) is 0 Å². The minimum Gasteiger partial charge on any atom is -0.325 e. The first kappa shape index (κ1) is 34.2. The lowest BCUT2D eigenvalue weighted by atomic mass is 9.95. The van der Waals surface area contributed by atoms with E-state index in [1.807, 2.05) is 71.9 Å². The van der Waals surface area contributed by atoms with Gasteiger partial charge in [0, 0.05) is 11.7 Å². The lowest BCUT2D eigenvalue weighted by molar-refractivity contribution is 0.613. The van der Waals surface area contributed by atoms with E-state index in [4.69, 9.17) is 4.99 Å². The average Bonchev–Trinajstić information content (AvgIpc) is 2.96. The molecule has 3 rings (SSSR count). The van der Waals surface area contributed by atoms with Gasteiger partial charge in [-0.25, -0.2) is 18.5 Å². The molecule has 0 aliphatic heterocycles. The molecular formula is C36H46FN5O2. The fourth-order valence-electron chi connectivity index (χ4n) is 4.98. The summed E-state index contributed by atoms with van der Waals surface area (Å²) in [5, 5.41) is 3.31. The molecule has 1 aromatic heterocycles. The average molecular weight is 600 g/mol. The third kappa shape index (κ3) is 7.98. The van der Waals surface area contributed by atoms with Gasteiger partial charge in [-0.15, -0.1) is 0 Å². The number of hydrogen-bond acceptors (Lipinski definition) is 5. The molecule has 7 nitrogen and oxygen atoms in total. The van der Waals surface area contributed by atoms with E-state index in [-0.39, 0.29) is 24.4 Å². The molecule has 2 aromatic rings. The molecule has 44 heavy (non-hydrogen) atoms. The van der Waals surface area contributed by atoms with Crippen molar-refractivity contribution in [2.75, 3.05) is 5.32 Å². The number of rotatable bonds is 10. The van der Waals surface area contributed by atoms with Crippen LogP contribution in [0.25, 0.3) is 5.70 Å². The highest BCUT2D eigenvalue weighted by atomic mass is 19.1. The Kier molecular flexibility index (Phi) is 11.6. The van der Waals surface area contributed by atoms with Crippen LogP contribution in [0.1, 0.15) is 84.9 Å². The molecule has 1 aromatic carbocycles. The highest BCUT2D eigenvalue weighted by molar-refractivity contribution is 6.12. The van der Waals surface area contributed by atoms with E-state index in [0.717, 1.165) is 44.7 Å². The molecule has 1 heterocycles. The second kappa shape index (κ2) is 14.9. The van der Waals surface area contributed by atoms with Crippen molar-refractivity contribution in [3.63, 3.8) is 0 Å². The molecule has 0 amide bonds. The Morgan fingerprint density at radius 3 is 2.36 bits per heavy atom. The van der Waals surface area contributed by atoms with Crippen LogP contribution in [-0.2, 0) is 6.54 Å². The molecule has 0 saturated carbocycles. The summed E-state index contributed by atoms with van der Waals surface area (Å²) in [6.45, 7) is 19.5. The molecule has 8 heteroatoms. The SMILES string of the molecule is C/C=C1/C=C(Nc2nc(=O)n(C(/C=C(C)\C=C(/C)CC)=C/C)c(=O)n2Cc2cc(C)c(F)cc2C)C(CC)=CC1=NC(C)C. The smallest absolute Gasteiger partial charge is 0.325 e. The highest BCUT2D eigenvalue weighted by Crippen LogP contribution is 2.26. The maximum atomic E-state index is 14.3. The first-order valence-electron chi connectivity index (χ1n) is 15.3. The number of anilines is 1. The number of hydrogen-bond donors (Lipinski definition) is 1. The van der Waals surface area contributed by atoms with Crippen LogP contribution < -0.4 is 16.7 Å². The molecule has 0 fully saturated rings. The number of allylic oxidation sites excluding steroid dienone is 11. The molecule has 0 spiro atoms. The third-order valence-electron chi connectivity index (χ3n) is 7.57. The molecule has 0 atom stereocenters. The Morgan fingerprint density at radius 2 is 1.77 bits per heavy atom. The summed E-state index contributed by atoms with van der Waals surface area (Å²) >= 11 is 0. The third-order valence-corrected chi connectivity index (χ3v) is 7.57. The Bertz CT molecular complexity index is 1760. The van der Waals surface area contributed by atoms with Gasteiger partial charge in [-0.2, -0.15) is 4.98 Å². The van der Waals surface area contributed by atoms with Crippen LogP contribution in [0.15, 0.2) is 91.2 Å². The number of aliphatic imine (C=N–C) groups is 1. The van der Waals surface area contributed by atoms with E-state index in [1.54, 1.807) is 32.9 Å². The van der Waals surface area contributed by atoms with E-state index in [0.29, 0.717) is 23.2 Å². The predicted octanol–water partition coefficient (Wildman–Crippen LogP) is 7.81. The summed E-state index contributed by atoms with van der Waals surface area (Å²) in [7, 11) is 0. The highest BCUT2D eigenvalue weighted by Gasteiger charge is 2.21. The van der Waals surface area contributed by atoms with E-state index in [1.165, 1.54) is 16.2 Å². The minimum absolute atomic E-state index is 0.0882. The Balaban J connectivity index is 2.27. The molecular weight excluding hydrogens is 553 g/mol. The second-order valence-corrected chi connectivity index (χ2v) is 11.5. The van der Waals surface area contributed by atoms with Crippen molar-refractivity contribution in [1.82, 2.24) is 14.1 Å². The van der Waals surface area contributed by atoms with Gasteiger partial charge in [0.15, 0.2) is 0 Å². The minimum atomic E-state index is -0.694. The Labute approximate surface area is 260 Å². The summed E-state index contributed by atoms with van der Waals surface area (Å²) in [5.74, 6) is -0.198. The molecule has 0 saturated heterocycles. The monoisotopic (exact) mass is 599 g/mol. The van der Waals surface area contributed by atoms with Gasteiger partial charge in [0.2, 0.25) is 5.95 Å². The number of benzene rings is 1. The number of nitrogens with zero attached hydrogens (tertiary/aromatic N) is 4. The van der Waals surface area contributed by atoms with Gasteiger partial charge in [-0.1, -0.05) is 43.7 Å². The van der Waals surface area contributed by atoms with Crippen molar-refractivity contribution in [3.05, 3.63) is 120 Å². The van der Waals surface area contributed by atoms with Gasteiger partial charge < -0.3 is 5.32 Å². The van der Waals surface area contributed by atoms with Crippen molar-refractivity contribution in [3.8, 4) is 0 Å². The number of aromatic nitrogens is 3. The van der Waals surface area contributed by atoms with Crippen molar-refractivity contribution >= 4 is 17.4 Å². The van der Waals surface area contributed by atoms with Crippen molar-refractivity contribution in [2.24, 2.45) is 4.99 Å². The zero-order chi connectivity index (χ0) is 32.7. The lowest BCUT2D eigenvalue weighted by Gasteiger charge is -2.22. The first-order chi connectivity index (χ1) is 20.8. The van der Waals surface area contributed by atoms with Gasteiger partial charge in [0.05, 0.1) is 18.0 Å². The molecule has 0 unspecified atom stereocenters. The van der Waals surface area contributed by atoms with Crippen LogP contribution in [0.4, 0.5) is 10.3 Å². The van der Waals surface area contributed by atoms with Gasteiger partial charge in [0.25, 0.3) is 0 Å². The fraction of sp³-hybridized carbons (Fsp3) is 0.389. The second-order valence-electron chi connectivity index (χ2n) is 11.5. The van der Waals surface area contributed by atoms with Crippen LogP contribution in [0.2, 0.25) is 0 Å². The standard InChI is InChI=1S/C36H46FN5O2/c1-11-23(7)15-24(8)16-30(14-4)42-35(43)40-34(41(36(42)44)21-29-17-26(10)31(37)18-25(29)9)39-33-20-27(12-2)32(38-22(5)6)19-28(33)13-3/h12,14-20,22H,11,13,21H2,1-10H3,(H,39,40,43)/b23-15+,24-16-,27-12-,30-14+,38-32?. The maximum absolute atomic E-state index is 14.3. The zero-order valence-electron chi connectivity index (χ0n) is 27.8. The molecule has 0 radical (unpaired) electrons. The maximum Gasteiger partial charge on any atom is 0.359 e. The summed E-state index contributed by atoms with van der Waals surface area (Å²) in [5.41, 5.74) is 6.71. The van der Waals surface area contributed by atoms with Crippen molar-refractivity contribution in [1.29, 1.82) is 0 Å². The first-order valence-corrected chi connectivity index (χ1v) is 15.3. The van der Waals surface area contributed by atoms with E-state index < -0.39 is 11.4 Å². The number of halogens is 1. The van der Waals surface area contributed by atoms with Crippen LogP contribution in [0, 0.1) is 19.7 Å². The molecule has 1 N–H and O–H groups in total. The van der Waals surface area contributed by atoms with Gasteiger partial charge in [-0.05, 0) is 126 Å². The summed E-state index contributed by atoms with van der Waals surface area (Å²) in [6, 6.07) is 3.33. The van der Waals surface area contributed by atoms with Gasteiger partial charge >= 0.3 is 11.4 Å². The van der Waals surface area contributed by atoms with E-state index >= 15 is 0 Å². The van der Waals surface area contributed by atoms with Crippen LogP contribution in [-0.4, -0.2) is 25.9 Å². The molecule has 0 bridgehead atoms. The largest absolute Gasteiger partial charge is 0.359 e. The van der Waals surface area contributed by atoms with Crippen LogP contribution >= 0.6 is 0 Å². The zero-order valence-corrected chi connectivity index (χ0v) is 27.8. The normalized spacial score (nSPS) is 16.6. The Hall–Kier alpha value is -4.33. The van der Waals surface area contributed by atoms with Gasteiger partial charge in [0.1, 0.15) is 5.82 Å². The number of nitrogens with one attached hydrogen (secondary N) is 1. The predicted molar refractivity (Wildman–Crippen MR) is 182 cm³/mol. The summed E-state index contributed by atoms with van der Waals surface area (Å²) in [6.07, 6.45) is 13.1. The summed E-state index contributed by atoms with van der Waals surface area (Å²) < 4.78 is 16.9.